The number of carbonyl (C=O) groups excluding carboxylic acids is 1. The van der Waals surface area contributed by atoms with E-state index in [2.05, 4.69) is 0 Å². The van der Waals surface area contributed by atoms with Crippen LogP contribution in [0.4, 0.5) is 0 Å². The Balaban J connectivity index is 2.85. The molecule has 0 fully saturated rings. The molecule has 0 heterocycles. The molecule has 0 aliphatic rings. The highest BCUT2D eigenvalue weighted by Crippen LogP contribution is 2.13. The number of rotatable bonds is 6. The minimum Gasteiger partial charge on any atom is -0.481 e. The van der Waals surface area contributed by atoms with Gasteiger partial charge in [0.25, 0.3) is 0 Å². The van der Waals surface area contributed by atoms with Gasteiger partial charge in [0.2, 0.25) is 0 Å². The van der Waals surface area contributed by atoms with Gasteiger partial charge >= 0.3 is 5.97 Å². The van der Waals surface area contributed by atoms with E-state index in [1.165, 1.54) is 0 Å². The smallest absolute Gasteiger partial charge is 0.311 e. The molecule has 4 nitrogen and oxygen atoms in total. The van der Waals surface area contributed by atoms with Crippen molar-refractivity contribution in [3.8, 4) is 0 Å². The van der Waals surface area contributed by atoms with Crippen molar-refractivity contribution >= 4 is 11.8 Å². The van der Waals surface area contributed by atoms with Crippen molar-refractivity contribution < 1.29 is 19.8 Å². The first-order valence-electron chi connectivity index (χ1n) is 5.09. The number of aliphatic hydroxyl groups is 1. The highest BCUT2D eigenvalue weighted by atomic mass is 16.4. The normalized spacial score (nSPS) is 10.1. The summed E-state index contributed by atoms with van der Waals surface area (Å²) in [5.74, 6) is -1.51. The number of Topliss-reactive ketones (excluding diaryl/α,β-unsaturated/α-hetero) is 1. The number of carboxylic acid groups (broad SMARTS) is 1. The fourth-order valence-corrected chi connectivity index (χ4v) is 1.51. The number of carboxylic acids is 1. The third kappa shape index (κ3) is 3.47. The van der Waals surface area contributed by atoms with E-state index < -0.39 is 12.4 Å². The van der Waals surface area contributed by atoms with Crippen molar-refractivity contribution in [2.24, 2.45) is 0 Å². The van der Waals surface area contributed by atoms with E-state index in [9.17, 15) is 9.59 Å². The number of carbonyl (C=O) groups is 2. The Morgan fingerprint density at radius 3 is 2.50 bits per heavy atom. The minimum absolute atomic E-state index is 0.0570. The van der Waals surface area contributed by atoms with E-state index in [0.717, 1.165) is 5.56 Å². The zero-order chi connectivity index (χ0) is 12.0. The zero-order valence-corrected chi connectivity index (χ0v) is 8.85. The van der Waals surface area contributed by atoms with Crippen LogP contribution in [0.15, 0.2) is 24.3 Å². The van der Waals surface area contributed by atoms with E-state index in [1.54, 1.807) is 24.3 Å². The molecular formula is C12H14O4. The predicted octanol–water partition coefficient (Wildman–Crippen LogP) is 1.27. The van der Waals surface area contributed by atoms with E-state index in [4.69, 9.17) is 10.2 Å². The fourth-order valence-electron chi connectivity index (χ4n) is 1.51. The lowest BCUT2D eigenvalue weighted by Crippen LogP contribution is -2.09. The molecule has 0 amide bonds. The van der Waals surface area contributed by atoms with Crippen LogP contribution in [0.5, 0.6) is 0 Å². The molecule has 16 heavy (non-hydrogen) atoms. The topological polar surface area (TPSA) is 74.6 Å². The van der Waals surface area contributed by atoms with Gasteiger partial charge in [0.1, 0.15) is 6.42 Å². The van der Waals surface area contributed by atoms with Gasteiger partial charge in [-0.15, -0.1) is 0 Å². The van der Waals surface area contributed by atoms with Crippen LogP contribution in [0.1, 0.15) is 28.8 Å². The van der Waals surface area contributed by atoms with Crippen LogP contribution < -0.4 is 0 Å². The van der Waals surface area contributed by atoms with Crippen molar-refractivity contribution in [3.05, 3.63) is 35.4 Å². The van der Waals surface area contributed by atoms with Gasteiger partial charge in [-0.05, 0) is 18.4 Å². The molecule has 1 rings (SSSR count). The van der Waals surface area contributed by atoms with Gasteiger partial charge in [-0.1, -0.05) is 24.3 Å². The Hall–Kier alpha value is -1.68. The Morgan fingerprint density at radius 2 is 1.88 bits per heavy atom. The molecule has 0 aliphatic heterocycles. The summed E-state index contributed by atoms with van der Waals surface area (Å²) >= 11 is 0. The van der Waals surface area contributed by atoms with Crippen LogP contribution >= 0.6 is 0 Å². The molecule has 4 heteroatoms. The highest BCUT2D eigenvalue weighted by Gasteiger charge is 2.13. The van der Waals surface area contributed by atoms with E-state index in [1.807, 2.05) is 0 Å². The average Bonchev–Trinajstić information content (AvgIpc) is 2.25. The van der Waals surface area contributed by atoms with Crippen molar-refractivity contribution in [2.75, 3.05) is 6.61 Å². The number of aliphatic hydroxyl groups excluding tert-OH is 1. The largest absolute Gasteiger partial charge is 0.481 e. The summed E-state index contributed by atoms with van der Waals surface area (Å²) in [6.07, 6.45) is 0.658. The first-order valence-corrected chi connectivity index (χ1v) is 5.09. The second-order valence-corrected chi connectivity index (χ2v) is 3.48. The molecule has 0 bridgehead atoms. The van der Waals surface area contributed by atoms with Gasteiger partial charge in [-0.3, -0.25) is 9.59 Å². The average molecular weight is 222 g/mol. The van der Waals surface area contributed by atoms with Gasteiger partial charge in [0, 0.05) is 12.2 Å². The second-order valence-electron chi connectivity index (χ2n) is 3.48. The molecule has 0 spiro atoms. The number of aliphatic carboxylic acids is 1. The van der Waals surface area contributed by atoms with Crippen LogP contribution in [0, 0.1) is 0 Å². The molecular weight excluding hydrogens is 208 g/mol. The summed E-state index contributed by atoms with van der Waals surface area (Å²) in [6, 6.07) is 6.91. The lowest BCUT2D eigenvalue weighted by molar-refractivity contribution is -0.135. The maximum Gasteiger partial charge on any atom is 0.311 e. The molecule has 0 aliphatic carbocycles. The third-order valence-electron chi connectivity index (χ3n) is 2.23. The van der Waals surface area contributed by atoms with Gasteiger partial charge in [-0.2, -0.15) is 0 Å². The Bertz CT molecular complexity index is 384. The maximum atomic E-state index is 11.6. The summed E-state index contributed by atoms with van der Waals surface area (Å²) in [5.41, 5.74) is 1.24. The molecule has 0 saturated carbocycles. The number of hydrogen-bond acceptors (Lipinski definition) is 3. The second kappa shape index (κ2) is 6.02. The van der Waals surface area contributed by atoms with Crippen molar-refractivity contribution in [1.29, 1.82) is 0 Å². The van der Waals surface area contributed by atoms with E-state index in [0.29, 0.717) is 18.4 Å². The van der Waals surface area contributed by atoms with Crippen LogP contribution in [-0.2, 0) is 11.2 Å². The summed E-state index contributed by atoms with van der Waals surface area (Å²) in [6.45, 7) is 0.0570. The molecule has 86 valence electrons. The Morgan fingerprint density at radius 1 is 1.19 bits per heavy atom. The third-order valence-corrected chi connectivity index (χ3v) is 2.23. The number of benzene rings is 1. The maximum absolute atomic E-state index is 11.6. The molecule has 2 N–H and O–H groups in total. The summed E-state index contributed by atoms with van der Waals surface area (Å²) in [5, 5.41) is 17.3. The SMILES string of the molecule is O=C(O)CC(=O)c1ccccc1CCCO. The summed E-state index contributed by atoms with van der Waals surface area (Å²) < 4.78 is 0. The molecule has 0 atom stereocenters. The standard InChI is InChI=1S/C12H14O4/c13-7-3-5-9-4-1-2-6-10(9)11(14)8-12(15)16/h1-2,4,6,13H,3,5,7-8H2,(H,15,16). The lowest BCUT2D eigenvalue weighted by atomic mass is 9.98. The predicted molar refractivity (Wildman–Crippen MR) is 58.4 cm³/mol. The van der Waals surface area contributed by atoms with Crippen LogP contribution in [0.25, 0.3) is 0 Å². The quantitative estimate of drug-likeness (QED) is 0.561. The Labute approximate surface area is 93.5 Å². The monoisotopic (exact) mass is 222 g/mol. The molecule has 1 aromatic carbocycles. The molecule has 0 saturated heterocycles. The molecule has 1 aromatic rings. The van der Waals surface area contributed by atoms with Crippen molar-refractivity contribution in [1.82, 2.24) is 0 Å². The zero-order valence-electron chi connectivity index (χ0n) is 8.85. The van der Waals surface area contributed by atoms with Crippen LogP contribution in [-0.4, -0.2) is 28.6 Å². The molecule has 0 radical (unpaired) electrons. The number of hydrogen-bond donors (Lipinski definition) is 2. The van der Waals surface area contributed by atoms with Gasteiger partial charge in [0.15, 0.2) is 5.78 Å². The lowest BCUT2D eigenvalue weighted by Gasteiger charge is -2.06. The molecule has 0 unspecified atom stereocenters. The van der Waals surface area contributed by atoms with E-state index in [-0.39, 0.29) is 12.4 Å². The van der Waals surface area contributed by atoms with Crippen molar-refractivity contribution in [3.63, 3.8) is 0 Å². The van der Waals surface area contributed by atoms with Crippen LogP contribution in [0.2, 0.25) is 0 Å². The fraction of sp³-hybridized carbons (Fsp3) is 0.333. The van der Waals surface area contributed by atoms with Gasteiger partial charge < -0.3 is 10.2 Å². The number of ketones is 1. The first kappa shape index (κ1) is 12.4. The summed E-state index contributed by atoms with van der Waals surface area (Å²) in [7, 11) is 0. The number of aryl methyl sites for hydroxylation is 1. The minimum atomic E-state index is -1.12. The first-order chi connectivity index (χ1) is 7.65. The van der Waals surface area contributed by atoms with Gasteiger partial charge in [-0.25, -0.2) is 0 Å². The van der Waals surface area contributed by atoms with E-state index >= 15 is 0 Å². The summed E-state index contributed by atoms with van der Waals surface area (Å²) in [4.78, 5) is 22.0. The molecule has 0 aromatic heterocycles. The van der Waals surface area contributed by atoms with Gasteiger partial charge in [0.05, 0.1) is 0 Å². The van der Waals surface area contributed by atoms with Crippen molar-refractivity contribution in [2.45, 2.75) is 19.3 Å². The highest BCUT2D eigenvalue weighted by molar-refractivity contribution is 6.06. The Kier molecular flexibility index (Phi) is 4.66. The van der Waals surface area contributed by atoms with Crippen LogP contribution in [0.3, 0.4) is 0 Å².